The molecule has 0 bridgehead atoms. The molecule has 2 atom stereocenters. The molecule has 1 aliphatic heterocycles. The third-order valence-corrected chi connectivity index (χ3v) is 2.64. The third kappa shape index (κ3) is 4.10. The molecule has 0 aromatic heterocycles. The maximum atomic E-state index is 9.10. The molecule has 1 heterocycles. The molecule has 0 spiro atoms. The lowest BCUT2D eigenvalue weighted by atomic mass is 9.84. The molecule has 1 fully saturated rings. The highest BCUT2D eigenvalue weighted by atomic mass is 16.5. The zero-order chi connectivity index (χ0) is 10.3. The summed E-state index contributed by atoms with van der Waals surface area (Å²) in [5.74, 6) is 1.61. The minimum Gasteiger partial charge on any atom is -0.396 e. The first-order valence-corrected chi connectivity index (χ1v) is 5.44. The molecule has 0 amide bonds. The van der Waals surface area contributed by atoms with Gasteiger partial charge in [-0.15, -0.1) is 0 Å². The molecule has 2 unspecified atom stereocenters. The fraction of sp³-hybridized carbons (Fsp3) is 1.00. The van der Waals surface area contributed by atoms with Gasteiger partial charge in [0.15, 0.2) is 0 Å². The lowest BCUT2D eigenvalue weighted by molar-refractivity contribution is 0.113. The minimum absolute atomic E-state index is 0.311. The summed E-state index contributed by atoms with van der Waals surface area (Å²) in [5.41, 5.74) is 0. The van der Waals surface area contributed by atoms with Crippen LogP contribution in [0.5, 0.6) is 0 Å². The van der Waals surface area contributed by atoms with Crippen LogP contribution in [0.4, 0.5) is 0 Å². The van der Waals surface area contributed by atoms with Crippen molar-refractivity contribution in [3.8, 4) is 0 Å². The van der Waals surface area contributed by atoms with Crippen LogP contribution in [0.15, 0.2) is 0 Å². The molecule has 0 aromatic rings. The van der Waals surface area contributed by atoms with Crippen molar-refractivity contribution in [3.05, 3.63) is 0 Å². The Hall–Kier alpha value is -0.0800. The molecule has 1 rings (SSSR count). The molecule has 1 saturated heterocycles. The smallest absolute Gasteiger partial charge is 0.0498 e. The zero-order valence-electron chi connectivity index (χ0n) is 9.42. The van der Waals surface area contributed by atoms with Gasteiger partial charge in [-0.05, 0) is 24.2 Å². The van der Waals surface area contributed by atoms with Gasteiger partial charge in [-0.2, -0.15) is 0 Å². The molecule has 0 aliphatic carbocycles. The number of ether oxygens (including phenoxy) is 1. The molecule has 0 saturated carbocycles. The summed E-state index contributed by atoms with van der Waals surface area (Å²) < 4.78 is 5.28. The zero-order valence-corrected chi connectivity index (χ0v) is 9.42. The number of hydrogen-bond acceptors (Lipinski definition) is 2. The maximum Gasteiger partial charge on any atom is 0.0498 e. The minimum atomic E-state index is 0.311. The Balaban J connectivity index is 0.000000671. The fourth-order valence-corrected chi connectivity index (χ4v) is 1.79. The van der Waals surface area contributed by atoms with Crippen molar-refractivity contribution in [2.75, 3.05) is 19.8 Å². The molecule has 2 heteroatoms. The predicted molar refractivity (Wildman–Crippen MR) is 55.7 cm³/mol. The SMILES string of the molecule is CC.CC(C)C(CO)C1CCOC1. The second-order valence-corrected chi connectivity index (χ2v) is 3.71. The van der Waals surface area contributed by atoms with Crippen LogP contribution in [0, 0.1) is 17.8 Å². The summed E-state index contributed by atoms with van der Waals surface area (Å²) >= 11 is 0. The van der Waals surface area contributed by atoms with E-state index in [-0.39, 0.29) is 0 Å². The van der Waals surface area contributed by atoms with Crippen LogP contribution < -0.4 is 0 Å². The van der Waals surface area contributed by atoms with Crippen LogP contribution in [0.3, 0.4) is 0 Å². The van der Waals surface area contributed by atoms with E-state index in [9.17, 15) is 0 Å². The Labute approximate surface area is 82.3 Å². The second kappa shape index (κ2) is 7.34. The molecular weight excluding hydrogens is 164 g/mol. The summed E-state index contributed by atoms with van der Waals surface area (Å²) in [4.78, 5) is 0. The Morgan fingerprint density at radius 3 is 2.31 bits per heavy atom. The lowest BCUT2D eigenvalue weighted by Gasteiger charge is -2.23. The van der Waals surface area contributed by atoms with Gasteiger partial charge in [-0.3, -0.25) is 0 Å². The van der Waals surface area contributed by atoms with Gasteiger partial charge in [0.2, 0.25) is 0 Å². The van der Waals surface area contributed by atoms with Crippen molar-refractivity contribution in [1.29, 1.82) is 0 Å². The molecule has 0 radical (unpaired) electrons. The molecule has 1 N–H and O–H groups in total. The van der Waals surface area contributed by atoms with E-state index >= 15 is 0 Å². The largest absolute Gasteiger partial charge is 0.396 e. The van der Waals surface area contributed by atoms with E-state index in [1.807, 2.05) is 13.8 Å². The average molecular weight is 188 g/mol. The molecular formula is C11H24O2. The fourth-order valence-electron chi connectivity index (χ4n) is 1.79. The third-order valence-electron chi connectivity index (χ3n) is 2.64. The van der Waals surface area contributed by atoms with Crippen LogP contribution in [-0.4, -0.2) is 24.9 Å². The number of hydrogen-bond donors (Lipinski definition) is 1. The van der Waals surface area contributed by atoms with Crippen LogP contribution >= 0.6 is 0 Å². The quantitative estimate of drug-likeness (QED) is 0.736. The maximum absolute atomic E-state index is 9.10. The summed E-state index contributed by atoms with van der Waals surface area (Å²) in [5, 5.41) is 9.10. The first-order chi connectivity index (χ1) is 6.25. The molecule has 0 aromatic carbocycles. The second-order valence-electron chi connectivity index (χ2n) is 3.71. The van der Waals surface area contributed by atoms with Crippen LogP contribution in [0.1, 0.15) is 34.1 Å². The molecule has 1 aliphatic rings. The van der Waals surface area contributed by atoms with Crippen LogP contribution in [-0.2, 0) is 4.74 Å². The number of aliphatic hydroxyl groups excluding tert-OH is 1. The molecule has 2 nitrogen and oxygen atoms in total. The number of aliphatic hydroxyl groups is 1. The van der Waals surface area contributed by atoms with Gasteiger partial charge in [0.1, 0.15) is 0 Å². The van der Waals surface area contributed by atoms with E-state index in [2.05, 4.69) is 13.8 Å². The summed E-state index contributed by atoms with van der Waals surface area (Å²) in [6, 6.07) is 0. The van der Waals surface area contributed by atoms with Crippen molar-refractivity contribution in [1.82, 2.24) is 0 Å². The lowest BCUT2D eigenvalue weighted by Crippen LogP contribution is -2.23. The first kappa shape index (κ1) is 12.9. The van der Waals surface area contributed by atoms with Gasteiger partial charge in [0.25, 0.3) is 0 Å². The van der Waals surface area contributed by atoms with Crippen molar-refractivity contribution < 1.29 is 9.84 Å². The van der Waals surface area contributed by atoms with Crippen LogP contribution in [0.25, 0.3) is 0 Å². The molecule has 80 valence electrons. The van der Waals surface area contributed by atoms with Crippen molar-refractivity contribution >= 4 is 0 Å². The summed E-state index contributed by atoms with van der Waals surface area (Å²) in [7, 11) is 0. The van der Waals surface area contributed by atoms with Gasteiger partial charge in [-0.1, -0.05) is 27.7 Å². The summed E-state index contributed by atoms with van der Waals surface area (Å²) in [6.45, 7) is 10.4. The van der Waals surface area contributed by atoms with E-state index in [0.29, 0.717) is 24.4 Å². The van der Waals surface area contributed by atoms with E-state index in [1.54, 1.807) is 0 Å². The Kier molecular flexibility index (Phi) is 7.29. The van der Waals surface area contributed by atoms with Gasteiger partial charge >= 0.3 is 0 Å². The van der Waals surface area contributed by atoms with Gasteiger partial charge in [0.05, 0.1) is 0 Å². The number of rotatable bonds is 3. The highest BCUT2D eigenvalue weighted by Gasteiger charge is 2.27. The first-order valence-electron chi connectivity index (χ1n) is 5.44. The topological polar surface area (TPSA) is 29.5 Å². The summed E-state index contributed by atoms with van der Waals surface area (Å²) in [6.07, 6.45) is 1.13. The highest BCUT2D eigenvalue weighted by molar-refractivity contribution is 4.75. The van der Waals surface area contributed by atoms with E-state index < -0.39 is 0 Å². The van der Waals surface area contributed by atoms with Gasteiger partial charge < -0.3 is 9.84 Å². The van der Waals surface area contributed by atoms with Crippen LogP contribution in [0.2, 0.25) is 0 Å². The highest BCUT2D eigenvalue weighted by Crippen LogP contribution is 2.27. The predicted octanol–water partition coefficient (Wildman–Crippen LogP) is 2.31. The van der Waals surface area contributed by atoms with E-state index in [1.165, 1.54) is 0 Å². The van der Waals surface area contributed by atoms with Gasteiger partial charge in [0, 0.05) is 19.8 Å². The Morgan fingerprint density at radius 1 is 1.38 bits per heavy atom. The monoisotopic (exact) mass is 188 g/mol. The average Bonchev–Trinajstić information content (AvgIpc) is 2.62. The van der Waals surface area contributed by atoms with Crippen molar-refractivity contribution in [3.63, 3.8) is 0 Å². The Bertz CT molecular complexity index is 107. The van der Waals surface area contributed by atoms with Crippen molar-refractivity contribution in [2.24, 2.45) is 17.8 Å². The van der Waals surface area contributed by atoms with Gasteiger partial charge in [-0.25, -0.2) is 0 Å². The van der Waals surface area contributed by atoms with E-state index in [0.717, 1.165) is 19.6 Å². The van der Waals surface area contributed by atoms with Crippen molar-refractivity contribution in [2.45, 2.75) is 34.1 Å². The van der Waals surface area contributed by atoms with E-state index in [4.69, 9.17) is 9.84 Å². The Morgan fingerprint density at radius 2 is 2.00 bits per heavy atom. The normalized spacial score (nSPS) is 24.0. The standard InChI is InChI=1S/C9H18O2.C2H6/c1-7(2)9(5-10)8-3-4-11-6-8;1-2/h7-10H,3-6H2,1-2H3;1-2H3. The molecule has 13 heavy (non-hydrogen) atoms.